The van der Waals surface area contributed by atoms with E-state index in [4.69, 9.17) is 5.73 Å². The molecule has 1 heterocycles. The summed E-state index contributed by atoms with van der Waals surface area (Å²) in [4.78, 5) is 46.8. The highest BCUT2D eigenvalue weighted by Crippen LogP contribution is 2.23. The molecule has 0 saturated carbocycles. The van der Waals surface area contributed by atoms with E-state index in [0.717, 1.165) is 32.7 Å². The maximum Gasteiger partial charge on any atom is 0.254 e. The van der Waals surface area contributed by atoms with Crippen molar-refractivity contribution >= 4 is 29.1 Å². The molecule has 0 aliphatic carbocycles. The van der Waals surface area contributed by atoms with E-state index in [-0.39, 0.29) is 24.1 Å². The van der Waals surface area contributed by atoms with E-state index in [0.29, 0.717) is 38.0 Å². The lowest BCUT2D eigenvalue weighted by Crippen LogP contribution is -2.56. The Morgan fingerprint density at radius 3 is 2.06 bits per heavy atom. The van der Waals surface area contributed by atoms with Gasteiger partial charge in [-0.3, -0.25) is 14.4 Å². The molecule has 5 aromatic rings. The summed E-state index contributed by atoms with van der Waals surface area (Å²) < 4.78 is 0. The average molecular weight is 673 g/mol. The van der Waals surface area contributed by atoms with Crippen LogP contribution in [0.5, 0.6) is 0 Å². The summed E-state index contributed by atoms with van der Waals surface area (Å²) in [5.41, 5.74) is 11.4. The van der Waals surface area contributed by atoms with Gasteiger partial charge in [-0.05, 0) is 64.7 Å². The van der Waals surface area contributed by atoms with Gasteiger partial charge in [0.15, 0.2) is 0 Å². The molecule has 252 valence electrons. The van der Waals surface area contributed by atoms with Gasteiger partial charge in [-0.2, -0.15) is 0 Å². The van der Waals surface area contributed by atoms with Gasteiger partial charge in [0.05, 0.1) is 0 Å². The van der Waals surface area contributed by atoms with Crippen LogP contribution in [-0.2, 0) is 35.4 Å². The minimum absolute atomic E-state index is 0.226. The van der Waals surface area contributed by atoms with Gasteiger partial charge in [-0.25, -0.2) is 0 Å². The third-order valence-corrected chi connectivity index (χ3v) is 9.71. The number of hydrogen-bond acceptors (Lipinski definition) is 5. The molecule has 0 aliphatic heterocycles. The number of benzene rings is 4. The standard InChI is InChI=1S/C41H44N4O3S/c1-3-45(40(47)35-17-10-14-32(26-35)29-42)38(27-31-19-21-34(22-20-31)33-15-8-5-9-16-33)41(48)44(2)37(28-36-18-11-25-49-36)39(46)43-24-23-30-12-6-4-7-13-30/h4-22,25-26,37-38H,3,23-24,27-29,42H2,1-2H3,(H,43,46)/t37-,38-/m1/s1. The Balaban J connectivity index is 1.44. The number of thiophene rings is 1. The maximum absolute atomic E-state index is 14.7. The summed E-state index contributed by atoms with van der Waals surface area (Å²) in [6.45, 7) is 2.93. The summed E-state index contributed by atoms with van der Waals surface area (Å²) in [5.74, 6) is -0.777. The van der Waals surface area contributed by atoms with Crippen molar-refractivity contribution in [3.63, 3.8) is 0 Å². The Bertz CT molecular complexity index is 1790. The van der Waals surface area contributed by atoms with Crippen LogP contribution in [0.25, 0.3) is 11.1 Å². The van der Waals surface area contributed by atoms with Gasteiger partial charge < -0.3 is 20.9 Å². The third-order valence-electron chi connectivity index (χ3n) is 8.81. The van der Waals surface area contributed by atoms with Crippen LogP contribution in [0, 0.1) is 0 Å². The number of nitrogens with zero attached hydrogens (tertiary/aromatic N) is 2. The van der Waals surface area contributed by atoms with Crippen molar-refractivity contribution in [3.05, 3.63) is 154 Å². The monoisotopic (exact) mass is 672 g/mol. The fraction of sp³-hybridized carbons (Fsp3) is 0.244. The predicted octanol–water partition coefficient (Wildman–Crippen LogP) is 6.38. The average Bonchev–Trinajstić information content (AvgIpc) is 3.67. The fourth-order valence-corrected chi connectivity index (χ4v) is 6.77. The largest absolute Gasteiger partial charge is 0.354 e. The molecule has 0 unspecified atom stereocenters. The number of amides is 3. The zero-order chi connectivity index (χ0) is 34.6. The maximum atomic E-state index is 14.7. The van der Waals surface area contributed by atoms with Crippen molar-refractivity contribution in [2.24, 2.45) is 5.73 Å². The highest BCUT2D eigenvalue weighted by atomic mass is 32.1. The molecular weight excluding hydrogens is 629 g/mol. The normalized spacial score (nSPS) is 12.1. The second-order valence-electron chi connectivity index (χ2n) is 12.1. The highest BCUT2D eigenvalue weighted by Gasteiger charge is 2.36. The molecule has 0 spiro atoms. The quantitative estimate of drug-likeness (QED) is 0.135. The van der Waals surface area contributed by atoms with Crippen molar-refractivity contribution in [2.45, 2.75) is 44.8 Å². The van der Waals surface area contributed by atoms with Crippen molar-refractivity contribution in [1.29, 1.82) is 0 Å². The summed E-state index contributed by atoms with van der Waals surface area (Å²) in [5, 5.41) is 5.04. The summed E-state index contributed by atoms with van der Waals surface area (Å²) in [7, 11) is 1.68. The number of carbonyl (C=O) groups excluding carboxylic acids is 3. The van der Waals surface area contributed by atoms with Crippen LogP contribution in [0.15, 0.2) is 127 Å². The van der Waals surface area contributed by atoms with E-state index in [2.05, 4.69) is 17.4 Å². The van der Waals surface area contributed by atoms with E-state index in [1.807, 2.05) is 109 Å². The molecule has 1 aromatic heterocycles. The van der Waals surface area contributed by atoms with Gasteiger partial charge in [0, 0.05) is 50.0 Å². The van der Waals surface area contributed by atoms with E-state index >= 15 is 0 Å². The van der Waals surface area contributed by atoms with Crippen LogP contribution in [0.1, 0.15) is 38.8 Å². The molecule has 5 rings (SSSR count). The van der Waals surface area contributed by atoms with E-state index < -0.39 is 12.1 Å². The van der Waals surface area contributed by atoms with Crippen LogP contribution in [0.2, 0.25) is 0 Å². The third kappa shape index (κ3) is 9.31. The molecule has 0 saturated heterocycles. The Morgan fingerprint density at radius 1 is 0.735 bits per heavy atom. The lowest BCUT2D eigenvalue weighted by atomic mass is 9.98. The molecule has 4 aromatic carbocycles. The second kappa shape index (κ2) is 17.4. The van der Waals surface area contributed by atoms with Crippen LogP contribution in [0.3, 0.4) is 0 Å². The van der Waals surface area contributed by atoms with Gasteiger partial charge >= 0.3 is 0 Å². The molecule has 0 radical (unpaired) electrons. The lowest BCUT2D eigenvalue weighted by Gasteiger charge is -2.36. The molecule has 0 aliphatic rings. The molecule has 3 amide bonds. The number of nitrogens with two attached hydrogens (primary N) is 1. The van der Waals surface area contributed by atoms with Crippen LogP contribution in [-0.4, -0.2) is 59.7 Å². The molecule has 3 N–H and O–H groups in total. The minimum atomic E-state index is -0.852. The van der Waals surface area contributed by atoms with Gasteiger partial charge in [0.1, 0.15) is 12.1 Å². The number of carbonyl (C=O) groups is 3. The Labute approximate surface area is 293 Å². The van der Waals surface area contributed by atoms with Gasteiger partial charge in [0.25, 0.3) is 5.91 Å². The Morgan fingerprint density at radius 2 is 1.41 bits per heavy atom. The first-order valence-electron chi connectivity index (χ1n) is 16.7. The zero-order valence-electron chi connectivity index (χ0n) is 28.1. The first kappa shape index (κ1) is 35.3. The molecule has 2 atom stereocenters. The van der Waals surface area contributed by atoms with Gasteiger partial charge in [0.2, 0.25) is 11.8 Å². The van der Waals surface area contributed by atoms with E-state index in [1.54, 1.807) is 35.4 Å². The first-order chi connectivity index (χ1) is 23.9. The molecule has 49 heavy (non-hydrogen) atoms. The predicted molar refractivity (Wildman–Crippen MR) is 198 cm³/mol. The summed E-state index contributed by atoms with van der Waals surface area (Å²) >= 11 is 1.55. The molecular formula is C41H44N4O3S. The van der Waals surface area contributed by atoms with Crippen molar-refractivity contribution in [1.82, 2.24) is 15.1 Å². The summed E-state index contributed by atoms with van der Waals surface area (Å²) in [6, 6.07) is 37.7. The molecule has 0 bridgehead atoms. The smallest absolute Gasteiger partial charge is 0.254 e. The second-order valence-corrected chi connectivity index (χ2v) is 13.1. The van der Waals surface area contributed by atoms with Gasteiger partial charge in [-0.15, -0.1) is 11.3 Å². The minimum Gasteiger partial charge on any atom is -0.354 e. The van der Waals surface area contributed by atoms with Crippen molar-refractivity contribution < 1.29 is 14.4 Å². The molecule has 8 heteroatoms. The Hall–Kier alpha value is -5.05. The number of likely N-dealkylation sites (N-methyl/N-ethyl adjacent to an activating group) is 2. The van der Waals surface area contributed by atoms with Crippen molar-refractivity contribution in [2.75, 3.05) is 20.1 Å². The number of rotatable bonds is 15. The zero-order valence-corrected chi connectivity index (χ0v) is 28.9. The van der Waals surface area contributed by atoms with Crippen LogP contribution in [0.4, 0.5) is 0 Å². The number of hydrogen-bond donors (Lipinski definition) is 2. The number of nitrogens with one attached hydrogen (secondary N) is 1. The van der Waals surface area contributed by atoms with Gasteiger partial charge in [-0.1, -0.05) is 103 Å². The highest BCUT2D eigenvalue weighted by molar-refractivity contribution is 7.09. The Kier molecular flexibility index (Phi) is 12.5. The van der Waals surface area contributed by atoms with Crippen LogP contribution >= 0.6 is 11.3 Å². The first-order valence-corrected chi connectivity index (χ1v) is 17.6. The van der Waals surface area contributed by atoms with E-state index in [1.165, 1.54) is 4.90 Å². The fourth-order valence-electron chi connectivity index (χ4n) is 6.03. The van der Waals surface area contributed by atoms with E-state index in [9.17, 15) is 14.4 Å². The molecule has 7 nitrogen and oxygen atoms in total. The molecule has 0 fully saturated rings. The lowest BCUT2D eigenvalue weighted by molar-refractivity contribution is -0.142. The topological polar surface area (TPSA) is 95.7 Å². The summed E-state index contributed by atoms with van der Waals surface area (Å²) in [6.07, 6.45) is 1.33. The van der Waals surface area contributed by atoms with Crippen LogP contribution < -0.4 is 11.1 Å². The van der Waals surface area contributed by atoms with Crippen molar-refractivity contribution in [3.8, 4) is 11.1 Å². The SMILES string of the molecule is CCN(C(=O)c1cccc(CN)c1)[C@H](Cc1ccc(-c2ccccc2)cc1)C(=O)N(C)[C@H](Cc1cccs1)C(=O)NCCc1ccccc1.